The molecule has 0 aliphatic rings. The molecule has 8 heteroatoms. The lowest BCUT2D eigenvalue weighted by molar-refractivity contribution is 0.102. The zero-order chi connectivity index (χ0) is 17.3. The van der Waals surface area contributed by atoms with Gasteiger partial charge in [-0.25, -0.2) is 4.68 Å². The topological polar surface area (TPSA) is 77.6 Å². The van der Waals surface area contributed by atoms with Crippen LogP contribution >= 0.6 is 11.6 Å². The molecule has 2 heterocycles. The summed E-state index contributed by atoms with van der Waals surface area (Å²) in [6.45, 7) is 3.81. The number of carbonyl (C=O) groups excluding carboxylic acids is 1. The number of nitrogens with one attached hydrogen (secondary N) is 1. The summed E-state index contributed by atoms with van der Waals surface area (Å²) < 4.78 is 3.25. The van der Waals surface area contributed by atoms with Crippen LogP contribution in [0, 0.1) is 6.92 Å². The van der Waals surface area contributed by atoms with Crippen LogP contribution in [0.25, 0.3) is 5.69 Å². The fraction of sp³-hybridized carbons (Fsp3) is 0.250. The number of hydrogen-bond donors (Lipinski definition) is 1. The summed E-state index contributed by atoms with van der Waals surface area (Å²) in [5, 5.41) is 15.8. The van der Waals surface area contributed by atoms with Gasteiger partial charge in [-0.2, -0.15) is 5.10 Å². The molecule has 0 aliphatic heterocycles. The number of carbonyl (C=O) groups is 1. The molecule has 3 rings (SSSR count). The van der Waals surface area contributed by atoms with Crippen molar-refractivity contribution < 1.29 is 4.79 Å². The first kappa shape index (κ1) is 16.2. The predicted molar refractivity (Wildman–Crippen MR) is 91.6 cm³/mol. The van der Waals surface area contributed by atoms with Crippen LogP contribution in [0.3, 0.4) is 0 Å². The van der Waals surface area contributed by atoms with Gasteiger partial charge in [-0.1, -0.05) is 29.8 Å². The maximum absolute atomic E-state index is 12.6. The molecule has 1 N–H and O–H groups in total. The lowest BCUT2D eigenvalue weighted by atomic mass is 10.2. The normalized spacial score (nSPS) is 10.8. The molecule has 0 saturated heterocycles. The average Bonchev–Trinajstić information content (AvgIpc) is 3.10. The van der Waals surface area contributed by atoms with Gasteiger partial charge in [0.1, 0.15) is 5.82 Å². The van der Waals surface area contributed by atoms with Crippen molar-refractivity contribution in [1.82, 2.24) is 24.8 Å². The Kier molecular flexibility index (Phi) is 4.35. The van der Waals surface area contributed by atoms with Gasteiger partial charge in [0.25, 0.3) is 5.91 Å². The van der Waals surface area contributed by atoms with E-state index < -0.39 is 0 Å². The minimum absolute atomic E-state index is 0.288. The van der Waals surface area contributed by atoms with Crippen LogP contribution in [-0.4, -0.2) is 30.7 Å². The fourth-order valence-corrected chi connectivity index (χ4v) is 2.70. The van der Waals surface area contributed by atoms with Crippen LogP contribution < -0.4 is 5.32 Å². The lowest BCUT2D eigenvalue weighted by Crippen LogP contribution is -2.17. The van der Waals surface area contributed by atoms with Crippen LogP contribution in [0.1, 0.15) is 28.8 Å². The van der Waals surface area contributed by atoms with Crippen LogP contribution in [0.4, 0.5) is 5.82 Å². The Morgan fingerprint density at radius 1 is 1.33 bits per heavy atom. The van der Waals surface area contributed by atoms with Gasteiger partial charge in [-0.15, -0.1) is 5.10 Å². The van der Waals surface area contributed by atoms with Gasteiger partial charge >= 0.3 is 0 Å². The summed E-state index contributed by atoms with van der Waals surface area (Å²) >= 11 is 6.04. The van der Waals surface area contributed by atoms with Crippen molar-refractivity contribution in [1.29, 1.82) is 0 Å². The molecule has 0 bridgehead atoms. The third kappa shape index (κ3) is 3.03. The van der Waals surface area contributed by atoms with Gasteiger partial charge in [-0.3, -0.25) is 9.48 Å². The number of amides is 1. The molecule has 0 unspecified atom stereocenters. The molecule has 0 fully saturated rings. The second kappa shape index (κ2) is 6.45. The Morgan fingerprint density at radius 2 is 2.12 bits per heavy atom. The number of aromatic nitrogens is 5. The molecular weight excluding hydrogens is 328 g/mol. The van der Waals surface area contributed by atoms with E-state index in [1.807, 2.05) is 26.0 Å². The van der Waals surface area contributed by atoms with Gasteiger partial charge in [0.15, 0.2) is 5.69 Å². The van der Waals surface area contributed by atoms with E-state index >= 15 is 0 Å². The number of nitrogens with zero attached hydrogens (tertiary/aromatic N) is 5. The summed E-state index contributed by atoms with van der Waals surface area (Å²) in [6, 6.07) is 9.06. The summed E-state index contributed by atoms with van der Waals surface area (Å²) in [5.41, 5.74) is 2.60. The largest absolute Gasteiger partial charge is 0.305 e. The molecule has 3 aromatic rings. The molecule has 2 aromatic heterocycles. The Hall–Kier alpha value is -2.67. The van der Waals surface area contributed by atoms with Crippen molar-refractivity contribution in [2.75, 3.05) is 5.32 Å². The van der Waals surface area contributed by atoms with E-state index in [1.54, 1.807) is 34.6 Å². The zero-order valence-corrected chi connectivity index (χ0v) is 14.4. The van der Waals surface area contributed by atoms with Gasteiger partial charge in [0, 0.05) is 18.1 Å². The average molecular weight is 345 g/mol. The van der Waals surface area contributed by atoms with Crippen LogP contribution in [0.5, 0.6) is 0 Å². The van der Waals surface area contributed by atoms with E-state index in [0.717, 1.165) is 11.4 Å². The van der Waals surface area contributed by atoms with Crippen molar-refractivity contribution in [3.8, 4) is 5.69 Å². The van der Waals surface area contributed by atoms with Crippen molar-refractivity contribution in [3.63, 3.8) is 0 Å². The standard InChI is InChI=1S/C16H17ClN6O/c1-4-13-15(16(24)18-14-8-10(2)20-22(14)3)19-21-23(13)12-7-5-6-11(17)9-12/h5-9H,4H2,1-3H3,(H,18,24). The monoisotopic (exact) mass is 344 g/mol. The smallest absolute Gasteiger partial charge is 0.279 e. The van der Waals surface area contributed by atoms with E-state index in [2.05, 4.69) is 20.7 Å². The number of hydrogen-bond acceptors (Lipinski definition) is 4. The molecule has 0 atom stereocenters. The molecule has 7 nitrogen and oxygen atoms in total. The SMILES string of the molecule is CCc1c(C(=O)Nc2cc(C)nn2C)nnn1-c1cccc(Cl)c1. The van der Waals surface area contributed by atoms with Crippen molar-refractivity contribution in [2.45, 2.75) is 20.3 Å². The summed E-state index contributed by atoms with van der Waals surface area (Å²) in [7, 11) is 1.77. The molecule has 1 amide bonds. The number of benzene rings is 1. The van der Waals surface area contributed by atoms with E-state index in [1.165, 1.54) is 0 Å². The highest BCUT2D eigenvalue weighted by atomic mass is 35.5. The highest BCUT2D eigenvalue weighted by molar-refractivity contribution is 6.30. The zero-order valence-electron chi connectivity index (χ0n) is 13.6. The van der Waals surface area contributed by atoms with E-state index in [0.29, 0.717) is 23.0 Å². The second-order valence-electron chi connectivity index (χ2n) is 5.38. The Bertz CT molecular complexity index is 898. The number of rotatable bonds is 4. The molecule has 1 aromatic carbocycles. The summed E-state index contributed by atoms with van der Waals surface area (Å²) in [6.07, 6.45) is 0.604. The van der Waals surface area contributed by atoms with E-state index in [9.17, 15) is 4.79 Å². The summed E-state index contributed by atoms with van der Waals surface area (Å²) in [4.78, 5) is 12.6. The molecule has 0 saturated carbocycles. The van der Waals surface area contributed by atoms with Crippen LogP contribution in [0.15, 0.2) is 30.3 Å². The highest BCUT2D eigenvalue weighted by Crippen LogP contribution is 2.19. The molecular formula is C16H17ClN6O. The van der Waals surface area contributed by atoms with Gasteiger partial charge in [0.2, 0.25) is 0 Å². The Balaban J connectivity index is 1.94. The molecule has 0 spiro atoms. The predicted octanol–water partition coefficient (Wildman–Crippen LogP) is 2.78. The number of halogens is 1. The Labute approximate surface area is 144 Å². The first-order chi connectivity index (χ1) is 11.5. The minimum Gasteiger partial charge on any atom is -0.305 e. The summed E-state index contributed by atoms with van der Waals surface area (Å²) in [5.74, 6) is 0.292. The first-order valence-corrected chi connectivity index (χ1v) is 7.90. The third-order valence-electron chi connectivity index (χ3n) is 3.61. The van der Waals surface area contributed by atoms with Gasteiger partial charge < -0.3 is 5.32 Å². The second-order valence-corrected chi connectivity index (χ2v) is 5.82. The minimum atomic E-state index is -0.317. The first-order valence-electron chi connectivity index (χ1n) is 7.52. The quantitative estimate of drug-likeness (QED) is 0.789. The van der Waals surface area contributed by atoms with Crippen LogP contribution in [0.2, 0.25) is 5.02 Å². The van der Waals surface area contributed by atoms with Gasteiger partial charge in [0.05, 0.1) is 17.1 Å². The van der Waals surface area contributed by atoms with E-state index in [4.69, 9.17) is 11.6 Å². The fourth-order valence-electron chi connectivity index (χ4n) is 2.51. The Morgan fingerprint density at radius 3 is 2.75 bits per heavy atom. The van der Waals surface area contributed by atoms with Gasteiger partial charge in [-0.05, 0) is 31.5 Å². The molecule has 24 heavy (non-hydrogen) atoms. The maximum Gasteiger partial charge on any atom is 0.279 e. The number of anilines is 1. The molecule has 124 valence electrons. The highest BCUT2D eigenvalue weighted by Gasteiger charge is 2.20. The van der Waals surface area contributed by atoms with Crippen molar-refractivity contribution >= 4 is 23.3 Å². The van der Waals surface area contributed by atoms with E-state index in [-0.39, 0.29) is 11.6 Å². The van der Waals surface area contributed by atoms with Crippen molar-refractivity contribution in [2.24, 2.45) is 7.05 Å². The molecule has 0 radical (unpaired) electrons. The van der Waals surface area contributed by atoms with Crippen LogP contribution in [-0.2, 0) is 13.5 Å². The van der Waals surface area contributed by atoms with Crippen molar-refractivity contribution in [3.05, 3.63) is 52.4 Å². The maximum atomic E-state index is 12.6. The lowest BCUT2D eigenvalue weighted by Gasteiger charge is -2.07. The number of aryl methyl sites for hydroxylation is 2. The third-order valence-corrected chi connectivity index (χ3v) is 3.84. The molecule has 0 aliphatic carbocycles.